The number of hydrogen-bond acceptors (Lipinski definition) is 4. The zero-order valence-electron chi connectivity index (χ0n) is 8.24. The van der Waals surface area contributed by atoms with Gasteiger partial charge >= 0.3 is 5.97 Å². The van der Waals surface area contributed by atoms with Gasteiger partial charge in [-0.25, -0.2) is 4.68 Å². The molecule has 1 rings (SSSR count). The molecule has 15 heavy (non-hydrogen) atoms. The second-order valence-corrected chi connectivity index (χ2v) is 4.20. The van der Waals surface area contributed by atoms with E-state index in [2.05, 4.69) is 41.9 Å². The quantitative estimate of drug-likeness (QED) is 0.770. The second kappa shape index (κ2) is 6.22. The summed E-state index contributed by atoms with van der Waals surface area (Å²) in [5.74, 6) is -0.173. The fourth-order valence-electron chi connectivity index (χ4n) is 1.05. The van der Waals surface area contributed by atoms with Crippen molar-refractivity contribution in [3.63, 3.8) is 0 Å². The van der Waals surface area contributed by atoms with Gasteiger partial charge in [0.25, 0.3) is 0 Å². The highest BCUT2D eigenvalue weighted by atomic mass is 79.9. The van der Waals surface area contributed by atoms with E-state index >= 15 is 0 Å². The number of rotatable bonds is 5. The zero-order chi connectivity index (χ0) is 11.3. The van der Waals surface area contributed by atoms with Crippen molar-refractivity contribution in [3.8, 4) is 0 Å². The number of ether oxygens (including phenoxy) is 1. The molecule has 0 atom stereocenters. The van der Waals surface area contributed by atoms with Gasteiger partial charge in [-0.1, -0.05) is 0 Å². The van der Waals surface area contributed by atoms with Gasteiger partial charge in [-0.2, -0.15) is 4.98 Å². The molecular formula is C8H11Br2N3O2. The van der Waals surface area contributed by atoms with Crippen molar-refractivity contribution in [1.82, 2.24) is 14.8 Å². The monoisotopic (exact) mass is 339 g/mol. The summed E-state index contributed by atoms with van der Waals surface area (Å²) < 4.78 is 7.68. The molecule has 1 heterocycles. The Morgan fingerprint density at radius 1 is 1.53 bits per heavy atom. The Labute approximate surface area is 104 Å². The number of halogens is 2. The van der Waals surface area contributed by atoms with Crippen molar-refractivity contribution < 1.29 is 9.53 Å². The van der Waals surface area contributed by atoms with Crippen molar-refractivity contribution in [2.45, 2.75) is 26.3 Å². The molecule has 0 amide bonds. The van der Waals surface area contributed by atoms with Gasteiger partial charge in [-0.05, 0) is 45.2 Å². The molecule has 0 bridgehead atoms. The summed E-state index contributed by atoms with van der Waals surface area (Å²) in [6.07, 6.45) is 1.09. The van der Waals surface area contributed by atoms with Crippen LogP contribution in [0, 0.1) is 0 Å². The Bertz CT molecular complexity index is 341. The summed E-state index contributed by atoms with van der Waals surface area (Å²) in [4.78, 5) is 15.0. The first-order chi connectivity index (χ1) is 7.13. The van der Waals surface area contributed by atoms with E-state index in [1.54, 1.807) is 11.6 Å². The summed E-state index contributed by atoms with van der Waals surface area (Å²) >= 11 is 6.42. The number of carbonyl (C=O) groups is 1. The molecule has 0 aliphatic rings. The first-order valence-corrected chi connectivity index (χ1v) is 6.13. The van der Waals surface area contributed by atoms with E-state index in [4.69, 9.17) is 4.74 Å². The molecular weight excluding hydrogens is 330 g/mol. The van der Waals surface area contributed by atoms with Crippen LogP contribution < -0.4 is 0 Å². The molecule has 0 unspecified atom stereocenters. The fraction of sp³-hybridized carbons (Fsp3) is 0.625. The van der Waals surface area contributed by atoms with E-state index in [9.17, 15) is 4.79 Å². The van der Waals surface area contributed by atoms with E-state index in [-0.39, 0.29) is 5.97 Å². The number of carbonyl (C=O) groups excluding carboxylic acids is 1. The first-order valence-electron chi connectivity index (χ1n) is 4.55. The molecule has 1 aromatic heterocycles. The van der Waals surface area contributed by atoms with Gasteiger partial charge in [0.2, 0.25) is 4.73 Å². The molecule has 1 aromatic rings. The maximum Gasteiger partial charge on any atom is 0.305 e. The number of aryl methyl sites for hydroxylation is 1. The van der Waals surface area contributed by atoms with Crippen molar-refractivity contribution in [1.29, 1.82) is 0 Å². The summed E-state index contributed by atoms with van der Waals surface area (Å²) in [5.41, 5.74) is 0. The van der Waals surface area contributed by atoms with E-state index < -0.39 is 0 Å². The highest BCUT2D eigenvalue weighted by Crippen LogP contribution is 2.11. The number of nitrogens with zero attached hydrogens (tertiary/aromatic N) is 3. The van der Waals surface area contributed by atoms with Gasteiger partial charge < -0.3 is 4.74 Å². The van der Waals surface area contributed by atoms with Crippen LogP contribution in [-0.4, -0.2) is 27.3 Å². The predicted octanol–water partition coefficient (Wildman–Crippen LogP) is 2.15. The standard InChI is InChI=1S/C8H11Br2N3O2/c1-2-15-6(14)4-3-5-13-8(10)11-7(9)12-13/h2-5H2,1H3. The van der Waals surface area contributed by atoms with Crippen LogP contribution in [0.3, 0.4) is 0 Å². The Morgan fingerprint density at radius 2 is 2.27 bits per heavy atom. The molecule has 84 valence electrons. The van der Waals surface area contributed by atoms with Gasteiger partial charge in [0.1, 0.15) is 0 Å². The van der Waals surface area contributed by atoms with Crippen LogP contribution in [0.1, 0.15) is 19.8 Å². The first kappa shape index (κ1) is 12.6. The van der Waals surface area contributed by atoms with Crippen molar-refractivity contribution in [2.24, 2.45) is 0 Å². The van der Waals surface area contributed by atoms with Crippen LogP contribution in [0.25, 0.3) is 0 Å². The third-order valence-corrected chi connectivity index (χ3v) is 2.58. The van der Waals surface area contributed by atoms with Crippen LogP contribution in [0.4, 0.5) is 0 Å². The molecule has 0 spiro atoms. The minimum Gasteiger partial charge on any atom is -0.466 e. The van der Waals surface area contributed by atoms with Crippen LogP contribution in [0.15, 0.2) is 9.47 Å². The molecule has 0 aromatic carbocycles. The van der Waals surface area contributed by atoms with Crippen LogP contribution in [-0.2, 0) is 16.1 Å². The molecule has 5 nitrogen and oxygen atoms in total. The lowest BCUT2D eigenvalue weighted by Gasteiger charge is -2.02. The molecule has 0 N–H and O–H groups in total. The van der Waals surface area contributed by atoms with Crippen LogP contribution >= 0.6 is 31.9 Å². The number of hydrogen-bond donors (Lipinski definition) is 0. The summed E-state index contributed by atoms with van der Waals surface area (Å²) in [5, 5.41) is 4.08. The molecule has 0 saturated heterocycles. The third-order valence-electron chi connectivity index (χ3n) is 1.66. The van der Waals surface area contributed by atoms with Gasteiger partial charge in [0, 0.05) is 13.0 Å². The normalized spacial score (nSPS) is 10.3. The molecule has 0 aliphatic carbocycles. The molecule has 0 fully saturated rings. The summed E-state index contributed by atoms with van der Waals surface area (Å²) in [6.45, 7) is 2.86. The van der Waals surface area contributed by atoms with Crippen molar-refractivity contribution in [3.05, 3.63) is 9.47 Å². The van der Waals surface area contributed by atoms with Crippen molar-refractivity contribution >= 4 is 37.8 Å². The smallest absolute Gasteiger partial charge is 0.305 e. The Balaban J connectivity index is 2.31. The van der Waals surface area contributed by atoms with Crippen LogP contribution in [0.2, 0.25) is 0 Å². The predicted molar refractivity (Wildman–Crippen MR) is 61.3 cm³/mol. The van der Waals surface area contributed by atoms with Gasteiger partial charge in [0.15, 0.2) is 4.73 Å². The number of aromatic nitrogens is 3. The zero-order valence-corrected chi connectivity index (χ0v) is 11.4. The van der Waals surface area contributed by atoms with Gasteiger partial charge in [-0.3, -0.25) is 4.79 Å². The molecule has 0 saturated carbocycles. The summed E-state index contributed by atoms with van der Waals surface area (Å²) in [6, 6.07) is 0. The van der Waals surface area contributed by atoms with E-state index in [0.717, 1.165) is 0 Å². The van der Waals surface area contributed by atoms with Crippen molar-refractivity contribution in [2.75, 3.05) is 6.61 Å². The van der Waals surface area contributed by atoms with Gasteiger partial charge in [-0.15, -0.1) is 5.10 Å². The topological polar surface area (TPSA) is 57.0 Å². The average molecular weight is 341 g/mol. The van der Waals surface area contributed by atoms with Gasteiger partial charge in [0.05, 0.1) is 6.61 Å². The lowest BCUT2D eigenvalue weighted by atomic mass is 10.3. The van der Waals surface area contributed by atoms with E-state index in [0.29, 0.717) is 35.5 Å². The molecule has 0 radical (unpaired) electrons. The summed E-state index contributed by atoms with van der Waals surface area (Å²) in [7, 11) is 0. The highest BCUT2D eigenvalue weighted by Gasteiger charge is 2.06. The molecule has 0 aliphatic heterocycles. The van der Waals surface area contributed by atoms with Crippen LogP contribution in [0.5, 0.6) is 0 Å². The minimum absolute atomic E-state index is 0.173. The van der Waals surface area contributed by atoms with E-state index in [1.165, 1.54) is 0 Å². The SMILES string of the molecule is CCOC(=O)CCCn1nc(Br)nc1Br. The second-order valence-electron chi connectivity index (χ2n) is 2.78. The third kappa shape index (κ3) is 4.29. The fourth-order valence-corrected chi connectivity index (χ4v) is 2.07. The average Bonchev–Trinajstić information content (AvgIpc) is 2.46. The lowest BCUT2D eigenvalue weighted by molar-refractivity contribution is -0.143. The Kier molecular flexibility index (Phi) is 5.24. The maximum absolute atomic E-state index is 11.0. The molecule has 7 heteroatoms. The minimum atomic E-state index is -0.173. The van der Waals surface area contributed by atoms with E-state index in [1.807, 2.05) is 0 Å². The largest absolute Gasteiger partial charge is 0.466 e. The highest BCUT2D eigenvalue weighted by molar-refractivity contribution is 9.11. The Hall–Kier alpha value is -0.430. The lowest BCUT2D eigenvalue weighted by Crippen LogP contribution is -2.07. The maximum atomic E-state index is 11.0. The Morgan fingerprint density at radius 3 is 2.80 bits per heavy atom. The number of esters is 1.